The highest BCUT2D eigenvalue weighted by Gasteiger charge is 2.50. The zero-order valence-corrected chi connectivity index (χ0v) is 36.0. The Kier molecular flexibility index (Phi) is 15.3. The van der Waals surface area contributed by atoms with E-state index in [1.807, 2.05) is 13.8 Å². The number of benzene rings is 3. The molecular formula is C40H40ClF3N4O15S. The van der Waals surface area contributed by atoms with Crippen LogP contribution in [-0.2, 0) is 30.4 Å². The Hall–Kier alpha value is -6.62. The number of methoxy groups -OCH3 is 2. The van der Waals surface area contributed by atoms with Crippen molar-refractivity contribution in [3.8, 4) is 23.0 Å². The number of nitrogens with zero attached hydrogens (tertiary/aromatic N) is 4. The van der Waals surface area contributed by atoms with Crippen molar-refractivity contribution in [2.24, 2.45) is 0 Å². The van der Waals surface area contributed by atoms with Crippen molar-refractivity contribution in [2.45, 2.75) is 70.2 Å². The van der Waals surface area contributed by atoms with Gasteiger partial charge in [0.1, 0.15) is 29.5 Å². The van der Waals surface area contributed by atoms with Crippen molar-refractivity contribution in [3.05, 3.63) is 114 Å². The number of alkyl halides is 3. The molecule has 2 aliphatic heterocycles. The van der Waals surface area contributed by atoms with E-state index in [1.165, 1.54) is 18.1 Å². The van der Waals surface area contributed by atoms with Crippen molar-refractivity contribution in [3.63, 3.8) is 0 Å². The molecule has 2 heterocycles. The molecule has 19 nitrogen and oxygen atoms in total. The number of unbranched alkanes of at least 4 members (excludes halogenated alkanes) is 2. The van der Waals surface area contributed by atoms with Crippen LogP contribution < -0.4 is 18.9 Å². The molecular weight excluding hydrogens is 901 g/mol. The van der Waals surface area contributed by atoms with Crippen LogP contribution in [0.4, 0.5) is 24.5 Å². The molecule has 2 amide bonds. The zero-order chi connectivity index (χ0) is 47.1. The molecule has 0 bridgehead atoms. The third-order valence-corrected chi connectivity index (χ3v) is 11.0. The lowest BCUT2D eigenvalue weighted by Crippen LogP contribution is -2.39. The summed E-state index contributed by atoms with van der Waals surface area (Å²) in [4.78, 5) is 64.5. The van der Waals surface area contributed by atoms with E-state index < -0.39 is 78.4 Å². The topological polar surface area (TPSA) is 233 Å². The second-order valence-corrected chi connectivity index (χ2v) is 16.3. The Morgan fingerprint density at radius 3 is 1.83 bits per heavy atom. The molecule has 0 saturated carbocycles. The summed E-state index contributed by atoms with van der Waals surface area (Å²) in [5.41, 5.74) is -6.58. The van der Waals surface area contributed by atoms with Gasteiger partial charge < -0.3 is 32.8 Å². The summed E-state index contributed by atoms with van der Waals surface area (Å²) in [5.74, 6) is -4.34. The fourth-order valence-electron chi connectivity index (χ4n) is 6.61. The van der Waals surface area contributed by atoms with Gasteiger partial charge in [0, 0.05) is 42.0 Å². The van der Waals surface area contributed by atoms with Crippen LogP contribution in [0.1, 0.15) is 72.2 Å². The Morgan fingerprint density at radius 1 is 0.797 bits per heavy atom. The number of ether oxygens (including phenoxy) is 5. The average Bonchev–Trinajstić information content (AvgIpc) is 3.82. The van der Waals surface area contributed by atoms with E-state index in [-0.39, 0.29) is 54.4 Å². The van der Waals surface area contributed by atoms with Crippen LogP contribution in [0.5, 0.6) is 23.0 Å². The van der Waals surface area contributed by atoms with Crippen LogP contribution in [0.2, 0.25) is 5.02 Å². The van der Waals surface area contributed by atoms with Gasteiger partial charge in [-0.25, -0.2) is 4.79 Å². The summed E-state index contributed by atoms with van der Waals surface area (Å²) in [6.45, 7) is 3.49. The number of nitro groups is 2. The largest absolute Gasteiger partial charge is 0.534 e. The first-order valence-electron chi connectivity index (χ1n) is 19.1. The van der Waals surface area contributed by atoms with Gasteiger partial charge in [0.05, 0.1) is 49.4 Å². The maximum Gasteiger partial charge on any atom is 0.534 e. The molecule has 3 aromatic carbocycles. The number of rotatable bonds is 19. The van der Waals surface area contributed by atoms with Crippen LogP contribution in [-0.4, -0.2) is 90.9 Å². The molecule has 0 N–H and O–H groups in total. The zero-order valence-electron chi connectivity index (χ0n) is 34.4. The number of carbonyl (C=O) groups excluding carboxylic acids is 3. The highest BCUT2D eigenvalue weighted by atomic mass is 35.5. The molecule has 2 atom stereocenters. The quantitative estimate of drug-likeness (QED) is 0.0281. The number of carbonyl (C=O) groups is 3. The summed E-state index contributed by atoms with van der Waals surface area (Å²) in [6, 6.07) is 8.60. The lowest BCUT2D eigenvalue weighted by molar-refractivity contribution is -0.385. The molecule has 0 saturated heterocycles. The SMILES string of the molecule is COC(=O)[C@@H]1CC(OS(=O)(=O)C(F)(F)F)=CN1C(=O)c1cc(OCc2ccc(Cl)cc2)c(OCCCCCOc2cc([N+](=O)[O-])c(C(=O)N3C=C(C)C[C@H]3C)cc2OC)cc1[N+](=O)[O-]. The normalized spacial score (nSPS) is 16.1. The summed E-state index contributed by atoms with van der Waals surface area (Å²) in [5, 5.41) is 24.8. The van der Waals surface area contributed by atoms with E-state index in [0.717, 1.165) is 30.9 Å². The molecule has 344 valence electrons. The first kappa shape index (κ1) is 48.4. The van der Waals surface area contributed by atoms with Gasteiger partial charge in [-0.2, -0.15) is 21.6 Å². The smallest absolute Gasteiger partial charge is 0.493 e. The lowest BCUT2D eigenvalue weighted by atomic mass is 10.1. The predicted octanol–water partition coefficient (Wildman–Crippen LogP) is 7.61. The second-order valence-electron chi connectivity index (χ2n) is 14.3. The minimum absolute atomic E-state index is 0.0324. The second kappa shape index (κ2) is 20.3. The molecule has 64 heavy (non-hydrogen) atoms. The third-order valence-electron chi connectivity index (χ3n) is 9.72. The number of hydrogen-bond donors (Lipinski definition) is 0. The van der Waals surface area contributed by atoms with E-state index in [0.29, 0.717) is 47.4 Å². The molecule has 0 fully saturated rings. The summed E-state index contributed by atoms with van der Waals surface area (Å²) >= 11 is 5.99. The monoisotopic (exact) mass is 940 g/mol. The fraction of sp³-hybridized carbons (Fsp3) is 0.375. The fourth-order valence-corrected chi connectivity index (χ4v) is 7.22. The maximum atomic E-state index is 13.9. The van der Waals surface area contributed by atoms with Crippen LogP contribution in [0.25, 0.3) is 0 Å². The highest BCUT2D eigenvalue weighted by Crippen LogP contribution is 2.40. The molecule has 0 aliphatic carbocycles. The van der Waals surface area contributed by atoms with Crippen molar-refractivity contribution < 1.29 is 73.7 Å². The summed E-state index contributed by atoms with van der Waals surface area (Å²) < 4.78 is 94.5. The van der Waals surface area contributed by atoms with Crippen molar-refractivity contribution in [1.29, 1.82) is 0 Å². The summed E-state index contributed by atoms with van der Waals surface area (Å²) in [7, 11) is -4.01. The molecule has 2 aliphatic rings. The third kappa shape index (κ3) is 11.3. The van der Waals surface area contributed by atoms with E-state index in [2.05, 4.69) is 8.92 Å². The highest BCUT2D eigenvalue weighted by molar-refractivity contribution is 7.87. The van der Waals surface area contributed by atoms with Gasteiger partial charge in [-0.1, -0.05) is 29.3 Å². The molecule has 5 rings (SSSR count). The number of hydrogen-bond acceptors (Lipinski definition) is 15. The Morgan fingerprint density at radius 2 is 1.33 bits per heavy atom. The van der Waals surface area contributed by atoms with E-state index in [9.17, 15) is 56.2 Å². The van der Waals surface area contributed by atoms with Crippen LogP contribution >= 0.6 is 11.6 Å². The average molecular weight is 941 g/mol. The molecule has 0 aromatic heterocycles. The maximum absolute atomic E-state index is 13.9. The Bertz CT molecular complexity index is 2480. The van der Waals surface area contributed by atoms with Gasteiger partial charge >= 0.3 is 21.6 Å². The van der Waals surface area contributed by atoms with Gasteiger partial charge in [-0.05, 0) is 57.2 Å². The van der Waals surface area contributed by atoms with E-state index >= 15 is 0 Å². The minimum Gasteiger partial charge on any atom is -0.493 e. The number of nitro benzene ring substituents is 2. The number of esters is 1. The molecule has 0 radical (unpaired) electrons. The lowest BCUT2D eigenvalue weighted by Gasteiger charge is -2.22. The van der Waals surface area contributed by atoms with Crippen LogP contribution in [0, 0.1) is 20.2 Å². The Balaban J connectivity index is 1.32. The van der Waals surface area contributed by atoms with Crippen molar-refractivity contribution in [1.82, 2.24) is 9.80 Å². The van der Waals surface area contributed by atoms with Crippen molar-refractivity contribution >= 4 is 50.9 Å². The molecule has 3 aromatic rings. The molecule has 0 spiro atoms. The van der Waals surface area contributed by atoms with E-state index in [4.69, 9.17) is 30.5 Å². The van der Waals surface area contributed by atoms with Gasteiger partial charge in [-0.15, -0.1) is 0 Å². The van der Waals surface area contributed by atoms with Gasteiger partial charge in [0.15, 0.2) is 23.0 Å². The van der Waals surface area contributed by atoms with Crippen LogP contribution in [0.15, 0.2) is 72.3 Å². The van der Waals surface area contributed by atoms with Gasteiger partial charge in [-0.3, -0.25) is 34.7 Å². The number of halogens is 4. The molecule has 0 unspecified atom stereocenters. The number of amides is 2. The van der Waals surface area contributed by atoms with Gasteiger partial charge in [0.25, 0.3) is 23.2 Å². The van der Waals surface area contributed by atoms with Crippen molar-refractivity contribution in [2.75, 3.05) is 27.4 Å². The van der Waals surface area contributed by atoms with Crippen LogP contribution in [0.3, 0.4) is 0 Å². The van der Waals surface area contributed by atoms with E-state index in [1.54, 1.807) is 30.5 Å². The first-order valence-corrected chi connectivity index (χ1v) is 20.9. The Labute approximate surface area is 368 Å². The molecule has 24 heteroatoms. The predicted molar refractivity (Wildman–Crippen MR) is 218 cm³/mol. The standard InChI is InChI=1S/C40H40ClF3N4O15S/c1-23-14-24(2)45(20-23)37(49)28-16-33(58-3)35(18-30(28)47(52)53)60-12-6-5-7-13-61-36-19-31(48(54)55)29(17-34(36)62-22-25-8-10-26(41)11-9-25)38(50)46-21-27(15-32(46)39(51)59-4)63-64(56,57)40(42,43)44/h8-11,16-21,24,32H,5-7,12-15,22H2,1-4H3/t24-,32+/m1/s1. The first-order chi connectivity index (χ1) is 30.1. The summed E-state index contributed by atoms with van der Waals surface area (Å²) in [6.07, 6.45) is 3.03. The minimum atomic E-state index is -6.23. The van der Waals surface area contributed by atoms with Gasteiger partial charge in [0.2, 0.25) is 0 Å².